The smallest absolute Gasteiger partial charge is 0.328 e. The van der Waals surface area contributed by atoms with Crippen molar-refractivity contribution in [3.05, 3.63) is 68.8 Å². The highest BCUT2D eigenvalue weighted by atomic mass is 32.2. The maximum absolute atomic E-state index is 12.1. The summed E-state index contributed by atoms with van der Waals surface area (Å²) in [5, 5.41) is 10.9. The molecule has 0 radical (unpaired) electrons. The van der Waals surface area contributed by atoms with E-state index in [2.05, 4.69) is 34.3 Å². The zero-order chi connectivity index (χ0) is 20.8. The predicted octanol–water partition coefficient (Wildman–Crippen LogP) is 2.02. The highest BCUT2D eigenvalue weighted by Crippen LogP contribution is 2.19. The van der Waals surface area contributed by atoms with Crippen LogP contribution in [0.4, 0.5) is 5.69 Å². The normalized spacial score (nSPS) is 11.0. The van der Waals surface area contributed by atoms with E-state index in [0.717, 1.165) is 17.4 Å². The number of aryl methyl sites for hydroxylation is 2. The minimum atomic E-state index is -0.496. The first kappa shape index (κ1) is 20.6. The van der Waals surface area contributed by atoms with E-state index in [-0.39, 0.29) is 23.4 Å². The summed E-state index contributed by atoms with van der Waals surface area (Å²) in [4.78, 5) is 37.0. The zero-order valence-electron chi connectivity index (χ0n) is 16.0. The van der Waals surface area contributed by atoms with Crippen molar-refractivity contribution in [2.24, 2.45) is 0 Å². The molecule has 2 N–H and O–H groups in total. The fraction of sp³-hybridized carbons (Fsp3) is 0.316. The van der Waals surface area contributed by atoms with Gasteiger partial charge in [-0.2, -0.15) is 0 Å². The Morgan fingerprint density at radius 3 is 2.66 bits per heavy atom. The van der Waals surface area contributed by atoms with Crippen molar-refractivity contribution in [3.8, 4) is 0 Å². The third-order valence-corrected chi connectivity index (χ3v) is 4.92. The van der Waals surface area contributed by atoms with Crippen LogP contribution in [0.2, 0.25) is 0 Å². The van der Waals surface area contributed by atoms with Gasteiger partial charge in [0.25, 0.3) is 10.8 Å². The van der Waals surface area contributed by atoms with Gasteiger partial charge in [-0.1, -0.05) is 37.7 Å². The van der Waals surface area contributed by atoms with Gasteiger partial charge in [0, 0.05) is 30.9 Å². The fourth-order valence-electron chi connectivity index (χ4n) is 2.51. The Morgan fingerprint density at radius 2 is 1.97 bits per heavy atom. The number of carbonyl (C=O) groups is 1. The lowest BCUT2D eigenvalue weighted by atomic mass is 10.0. The molecule has 0 spiro atoms. The first-order chi connectivity index (χ1) is 13.9. The molecule has 0 saturated heterocycles. The molecule has 0 bridgehead atoms. The molecule has 3 rings (SSSR count). The number of nitrogens with one attached hydrogen (secondary N) is 2. The molecular formula is C19H21N5O4S. The minimum absolute atomic E-state index is 0.132. The number of aromatic nitrogens is 4. The molecule has 0 aliphatic rings. The quantitative estimate of drug-likeness (QED) is 0.540. The van der Waals surface area contributed by atoms with E-state index >= 15 is 0 Å². The molecule has 2 heterocycles. The highest BCUT2D eigenvalue weighted by Gasteiger charge is 2.11. The monoisotopic (exact) mass is 415 g/mol. The summed E-state index contributed by atoms with van der Waals surface area (Å²) in [5.41, 5.74) is 0.999. The summed E-state index contributed by atoms with van der Waals surface area (Å²) in [6, 6.07) is 9.01. The van der Waals surface area contributed by atoms with Crippen LogP contribution in [0.1, 0.15) is 31.2 Å². The van der Waals surface area contributed by atoms with E-state index in [9.17, 15) is 14.4 Å². The van der Waals surface area contributed by atoms with Crippen molar-refractivity contribution in [2.45, 2.75) is 38.0 Å². The number of anilines is 1. The first-order valence-corrected chi connectivity index (χ1v) is 10.0. The third-order valence-electron chi connectivity index (χ3n) is 4.10. The van der Waals surface area contributed by atoms with Crippen molar-refractivity contribution in [1.29, 1.82) is 0 Å². The first-order valence-electron chi connectivity index (χ1n) is 9.05. The van der Waals surface area contributed by atoms with E-state index in [1.54, 1.807) is 0 Å². The molecule has 0 aliphatic carbocycles. The Kier molecular flexibility index (Phi) is 6.65. The molecule has 3 aromatic rings. The van der Waals surface area contributed by atoms with Crippen LogP contribution < -0.4 is 16.6 Å². The second-order valence-corrected chi connectivity index (χ2v) is 7.56. The topological polar surface area (TPSA) is 123 Å². The summed E-state index contributed by atoms with van der Waals surface area (Å²) in [6.07, 6.45) is 1.74. The lowest BCUT2D eigenvalue weighted by Gasteiger charge is -2.07. The lowest BCUT2D eigenvalue weighted by molar-refractivity contribution is -0.113. The van der Waals surface area contributed by atoms with Crippen LogP contribution >= 0.6 is 11.8 Å². The number of thioether (sulfide) groups is 1. The fourth-order valence-corrected chi connectivity index (χ4v) is 3.09. The molecule has 1 aromatic carbocycles. The number of carbonyl (C=O) groups excluding carboxylic acids is 1. The Labute approximate surface area is 170 Å². The average molecular weight is 415 g/mol. The van der Waals surface area contributed by atoms with Crippen LogP contribution in [0.3, 0.4) is 0 Å². The Bertz CT molecular complexity index is 1080. The number of benzene rings is 1. The molecule has 9 nitrogen and oxygen atoms in total. The SMILES string of the molecule is CC(C)c1ccc(NC(=O)CSc2nnc(CCn3ccc(=O)[nH]c3=O)o2)cc1. The van der Waals surface area contributed by atoms with Crippen LogP contribution in [0.15, 0.2) is 55.8 Å². The van der Waals surface area contributed by atoms with Gasteiger partial charge < -0.3 is 14.3 Å². The largest absolute Gasteiger partial charge is 0.416 e. The van der Waals surface area contributed by atoms with E-state index < -0.39 is 11.2 Å². The van der Waals surface area contributed by atoms with E-state index in [4.69, 9.17) is 4.42 Å². The highest BCUT2D eigenvalue weighted by molar-refractivity contribution is 7.99. The Morgan fingerprint density at radius 1 is 1.21 bits per heavy atom. The molecule has 0 atom stereocenters. The van der Waals surface area contributed by atoms with Crippen molar-refractivity contribution in [1.82, 2.24) is 19.7 Å². The van der Waals surface area contributed by atoms with E-state index in [1.165, 1.54) is 22.4 Å². The van der Waals surface area contributed by atoms with Gasteiger partial charge in [0.2, 0.25) is 11.8 Å². The van der Waals surface area contributed by atoms with E-state index in [1.807, 2.05) is 24.3 Å². The number of nitrogens with zero attached hydrogens (tertiary/aromatic N) is 3. The van der Waals surface area contributed by atoms with Gasteiger partial charge in [0.15, 0.2) is 0 Å². The number of amides is 1. The average Bonchev–Trinajstić information content (AvgIpc) is 3.14. The molecule has 10 heteroatoms. The number of aromatic amines is 1. The van der Waals surface area contributed by atoms with Crippen LogP contribution in [0.5, 0.6) is 0 Å². The van der Waals surface area contributed by atoms with Crippen LogP contribution in [-0.2, 0) is 17.8 Å². The standard InChI is InChI=1S/C19H21N5O4S/c1-12(2)13-3-5-14(6-4-13)20-16(26)11-29-19-23-22-17(28-19)8-10-24-9-7-15(25)21-18(24)27/h3-7,9,12H,8,10-11H2,1-2H3,(H,20,26)(H,21,25,27). The summed E-state index contributed by atoms with van der Waals surface area (Å²) >= 11 is 1.14. The molecule has 0 aliphatic heterocycles. The maximum atomic E-state index is 12.1. The van der Waals surface area contributed by atoms with Gasteiger partial charge >= 0.3 is 5.69 Å². The predicted molar refractivity (Wildman–Crippen MR) is 109 cm³/mol. The van der Waals surface area contributed by atoms with Crippen molar-refractivity contribution in [2.75, 3.05) is 11.1 Å². The molecule has 152 valence electrons. The summed E-state index contributed by atoms with van der Waals surface area (Å²) < 4.78 is 6.83. The van der Waals surface area contributed by atoms with Crippen molar-refractivity contribution < 1.29 is 9.21 Å². The molecule has 0 fully saturated rings. The van der Waals surface area contributed by atoms with Crippen LogP contribution in [0, 0.1) is 0 Å². The van der Waals surface area contributed by atoms with Gasteiger partial charge in [-0.15, -0.1) is 10.2 Å². The van der Waals surface area contributed by atoms with Crippen LogP contribution in [0.25, 0.3) is 0 Å². The zero-order valence-corrected chi connectivity index (χ0v) is 16.9. The maximum Gasteiger partial charge on any atom is 0.328 e. The summed E-state index contributed by atoms with van der Waals surface area (Å²) in [5.74, 6) is 0.736. The van der Waals surface area contributed by atoms with Crippen LogP contribution in [-0.4, -0.2) is 31.4 Å². The Balaban J connectivity index is 1.47. The number of hydrogen-bond acceptors (Lipinski definition) is 7. The number of rotatable bonds is 8. The molecule has 0 unspecified atom stereocenters. The van der Waals surface area contributed by atoms with Crippen molar-refractivity contribution >= 4 is 23.4 Å². The minimum Gasteiger partial charge on any atom is -0.416 e. The molecule has 1 amide bonds. The number of H-pyrrole nitrogens is 1. The van der Waals surface area contributed by atoms with Gasteiger partial charge in [0.05, 0.1) is 5.75 Å². The summed E-state index contributed by atoms with van der Waals surface area (Å²) in [7, 11) is 0. The second-order valence-electron chi connectivity index (χ2n) is 6.63. The summed E-state index contributed by atoms with van der Waals surface area (Å²) in [6.45, 7) is 4.51. The second kappa shape index (κ2) is 9.37. The molecule has 0 saturated carbocycles. The molecule has 2 aromatic heterocycles. The third kappa shape index (κ3) is 5.92. The lowest BCUT2D eigenvalue weighted by Crippen LogP contribution is -2.29. The van der Waals surface area contributed by atoms with Gasteiger partial charge in [0.1, 0.15) is 0 Å². The van der Waals surface area contributed by atoms with Crippen molar-refractivity contribution in [3.63, 3.8) is 0 Å². The van der Waals surface area contributed by atoms with Gasteiger partial charge in [-0.3, -0.25) is 14.6 Å². The molecule has 29 heavy (non-hydrogen) atoms. The van der Waals surface area contributed by atoms with E-state index in [0.29, 0.717) is 18.2 Å². The Hall–Kier alpha value is -3.14. The number of hydrogen-bond donors (Lipinski definition) is 2. The van der Waals surface area contributed by atoms with Gasteiger partial charge in [-0.25, -0.2) is 4.79 Å². The molecular weight excluding hydrogens is 394 g/mol. The van der Waals surface area contributed by atoms with Gasteiger partial charge in [-0.05, 0) is 23.6 Å².